The molecule has 0 amide bonds. The van der Waals surface area contributed by atoms with Gasteiger partial charge in [-0.1, -0.05) is 36.4 Å². The van der Waals surface area contributed by atoms with Crippen LogP contribution >= 0.6 is 0 Å². The molecule has 106 valence electrons. The summed E-state index contributed by atoms with van der Waals surface area (Å²) in [4.78, 5) is 11.4. The van der Waals surface area contributed by atoms with Crippen molar-refractivity contribution in [2.75, 3.05) is 7.11 Å². The molecule has 0 radical (unpaired) electrons. The standard InChI is InChI=1S/C17H15NO3/c1-20-17(19)10-13-6-2-3-8-15(13)12-21-16-9-5-4-7-14(16)11-18/h2-9H,10,12H2,1H3. The highest BCUT2D eigenvalue weighted by Crippen LogP contribution is 2.19. The lowest BCUT2D eigenvalue weighted by Crippen LogP contribution is -2.08. The van der Waals surface area contributed by atoms with Crippen LogP contribution in [0.15, 0.2) is 48.5 Å². The predicted molar refractivity (Wildman–Crippen MR) is 77.7 cm³/mol. The highest BCUT2D eigenvalue weighted by molar-refractivity contribution is 5.72. The van der Waals surface area contributed by atoms with E-state index in [1.807, 2.05) is 30.3 Å². The van der Waals surface area contributed by atoms with E-state index in [0.717, 1.165) is 11.1 Å². The molecule has 0 aliphatic heterocycles. The zero-order chi connectivity index (χ0) is 15.1. The summed E-state index contributed by atoms with van der Waals surface area (Å²) in [5.41, 5.74) is 2.25. The molecule has 21 heavy (non-hydrogen) atoms. The second kappa shape index (κ2) is 7.11. The van der Waals surface area contributed by atoms with E-state index in [-0.39, 0.29) is 12.4 Å². The summed E-state index contributed by atoms with van der Waals surface area (Å²) >= 11 is 0. The number of carbonyl (C=O) groups is 1. The Kier molecular flexibility index (Phi) is 4.94. The molecule has 2 rings (SSSR count). The lowest BCUT2D eigenvalue weighted by molar-refractivity contribution is -0.139. The summed E-state index contributed by atoms with van der Waals surface area (Å²) < 4.78 is 10.4. The quantitative estimate of drug-likeness (QED) is 0.791. The van der Waals surface area contributed by atoms with Gasteiger partial charge in [0.2, 0.25) is 0 Å². The molecule has 0 aliphatic rings. The van der Waals surface area contributed by atoms with Crippen LogP contribution in [0.1, 0.15) is 16.7 Å². The number of nitriles is 1. The van der Waals surface area contributed by atoms with E-state index in [1.54, 1.807) is 18.2 Å². The van der Waals surface area contributed by atoms with Crippen molar-refractivity contribution in [3.63, 3.8) is 0 Å². The summed E-state index contributed by atoms with van der Waals surface area (Å²) in [7, 11) is 1.37. The summed E-state index contributed by atoms with van der Waals surface area (Å²) in [5, 5.41) is 9.03. The topological polar surface area (TPSA) is 59.3 Å². The predicted octanol–water partition coefficient (Wildman–Crippen LogP) is 2.85. The van der Waals surface area contributed by atoms with Crippen molar-refractivity contribution in [2.24, 2.45) is 0 Å². The van der Waals surface area contributed by atoms with Gasteiger partial charge in [-0.15, -0.1) is 0 Å². The van der Waals surface area contributed by atoms with E-state index in [4.69, 9.17) is 10.00 Å². The van der Waals surface area contributed by atoms with Crippen molar-refractivity contribution in [3.05, 3.63) is 65.2 Å². The number of hydrogen-bond donors (Lipinski definition) is 0. The fourth-order valence-electron chi connectivity index (χ4n) is 1.94. The van der Waals surface area contributed by atoms with Crippen molar-refractivity contribution in [3.8, 4) is 11.8 Å². The van der Waals surface area contributed by atoms with E-state index in [2.05, 4.69) is 10.8 Å². The van der Waals surface area contributed by atoms with Crippen LogP contribution in [0.5, 0.6) is 5.75 Å². The first kappa shape index (κ1) is 14.6. The van der Waals surface area contributed by atoms with E-state index in [9.17, 15) is 4.79 Å². The van der Waals surface area contributed by atoms with Crippen LogP contribution in [0.4, 0.5) is 0 Å². The van der Waals surface area contributed by atoms with Crippen LogP contribution in [0, 0.1) is 11.3 Å². The van der Waals surface area contributed by atoms with Crippen LogP contribution in [0.25, 0.3) is 0 Å². The molecule has 0 spiro atoms. The number of methoxy groups -OCH3 is 1. The van der Waals surface area contributed by atoms with Crippen molar-refractivity contribution in [1.82, 2.24) is 0 Å². The maximum atomic E-state index is 11.4. The number of hydrogen-bond acceptors (Lipinski definition) is 4. The molecule has 0 fully saturated rings. The molecule has 2 aromatic carbocycles. The SMILES string of the molecule is COC(=O)Cc1ccccc1COc1ccccc1C#N. The van der Waals surface area contributed by atoms with Crippen molar-refractivity contribution >= 4 is 5.97 Å². The lowest BCUT2D eigenvalue weighted by Gasteiger charge is -2.11. The smallest absolute Gasteiger partial charge is 0.309 e. The molecule has 0 aliphatic carbocycles. The van der Waals surface area contributed by atoms with Gasteiger partial charge in [-0.2, -0.15) is 5.26 Å². The largest absolute Gasteiger partial charge is 0.488 e. The number of esters is 1. The number of nitrogens with zero attached hydrogens (tertiary/aromatic N) is 1. The second-order valence-electron chi connectivity index (χ2n) is 4.42. The van der Waals surface area contributed by atoms with Crippen molar-refractivity contribution in [1.29, 1.82) is 5.26 Å². The van der Waals surface area contributed by atoms with E-state index >= 15 is 0 Å². The maximum Gasteiger partial charge on any atom is 0.309 e. The third-order valence-electron chi connectivity index (χ3n) is 3.07. The van der Waals surface area contributed by atoms with Crippen molar-refractivity contribution < 1.29 is 14.3 Å². The Morgan fingerprint density at radius 2 is 1.76 bits per heavy atom. The number of ether oxygens (including phenoxy) is 2. The van der Waals surface area contributed by atoms with Crippen molar-refractivity contribution in [2.45, 2.75) is 13.0 Å². The van der Waals surface area contributed by atoms with Crippen LogP contribution in [0.2, 0.25) is 0 Å². The molecule has 4 heteroatoms. The first-order chi connectivity index (χ1) is 10.2. The Balaban J connectivity index is 2.13. The summed E-state index contributed by atoms with van der Waals surface area (Å²) in [6.45, 7) is 0.297. The van der Waals surface area contributed by atoms with Crippen LogP contribution in [0.3, 0.4) is 0 Å². The summed E-state index contributed by atoms with van der Waals surface area (Å²) in [6, 6.07) is 16.7. The Hall–Kier alpha value is -2.80. The first-order valence-corrected chi connectivity index (χ1v) is 6.50. The Labute approximate surface area is 123 Å². The number of rotatable bonds is 5. The molecule has 0 saturated heterocycles. The molecular formula is C17H15NO3. The Morgan fingerprint density at radius 3 is 2.48 bits per heavy atom. The van der Waals surface area contributed by atoms with Gasteiger partial charge in [0.1, 0.15) is 18.4 Å². The number of benzene rings is 2. The maximum absolute atomic E-state index is 11.4. The van der Waals surface area contributed by atoms with Gasteiger partial charge < -0.3 is 9.47 Å². The molecule has 0 N–H and O–H groups in total. The highest BCUT2D eigenvalue weighted by atomic mass is 16.5. The highest BCUT2D eigenvalue weighted by Gasteiger charge is 2.09. The van der Waals surface area contributed by atoms with Crippen LogP contribution in [-0.2, 0) is 22.6 Å². The van der Waals surface area contributed by atoms with Gasteiger partial charge in [0, 0.05) is 0 Å². The minimum Gasteiger partial charge on any atom is -0.488 e. The molecule has 0 bridgehead atoms. The van der Waals surface area contributed by atoms with Gasteiger partial charge in [-0.3, -0.25) is 4.79 Å². The molecule has 0 atom stereocenters. The minimum absolute atomic E-state index is 0.204. The zero-order valence-electron chi connectivity index (χ0n) is 11.7. The summed E-state index contributed by atoms with van der Waals surface area (Å²) in [5.74, 6) is 0.243. The molecule has 0 aromatic heterocycles. The Morgan fingerprint density at radius 1 is 1.10 bits per heavy atom. The van der Waals surface area contributed by atoms with Gasteiger partial charge in [-0.05, 0) is 23.3 Å². The number of carbonyl (C=O) groups excluding carboxylic acids is 1. The molecule has 2 aromatic rings. The molecule has 0 heterocycles. The first-order valence-electron chi connectivity index (χ1n) is 6.50. The Bertz CT molecular complexity index is 674. The van der Waals surface area contributed by atoms with Gasteiger partial charge >= 0.3 is 5.97 Å². The molecule has 0 unspecified atom stereocenters. The normalized spacial score (nSPS) is 9.71. The molecule has 4 nitrogen and oxygen atoms in total. The third kappa shape index (κ3) is 3.83. The fourth-order valence-corrected chi connectivity index (χ4v) is 1.94. The van der Waals surface area contributed by atoms with Gasteiger partial charge in [-0.25, -0.2) is 0 Å². The fraction of sp³-hybridized carbons (Fsp3) is 0.176. The van der Waals surface area contributed by atoms with Gasteiger partial charge in [0.05, 0.1) is 19.1 Å². The van der Waals surface area contributed by atoms with Gasteiger partial charge in [0.25, 0.3) is 0 Å². The van der Waals surface area contributed by atoms with E-state index in [1.165, 1.54) is 7.11 Å². The average molecular weight is 281 g/mol. The van der Waals surface area contributed by atoms with E-state index < -0.39 is 0 Å². The van der Waals surface area contributed by atoms with E-state index in [0.29, 0.717) is 17.9 Å². The molecular weight excluding hydrogens is 266 g/mol. The molecule has 0 saturated carbocycles. The summed E-state index contributed by atoms with van der Waals surface area (Å²) in [6.07, 6.45) is 0.204. The lowest BCUT2D eigenvalue weighted by atomic mass is 10.1. The zero-order valence-corrected chi connectivity index (χ0v) is 11.7. The average Bonchev–Trinajstić information content (AvgIpc) is 2.54. The number of para-hydroxylation sites is 1. The van der Waals surface area contributed by atoms with Crippen LogP contribution in [-0.4, -0.2) is 13.1 Å². The third-order valence-corrected chi connectivity index (χ3v) is 3.07. The minimum atomic E-state index is -0.292. The van der Waals surface area contributed by atoms with Gasteiger partial charge in [0.15, 0.2) is 0 Å². The second-order valence-corrected chi connectivity index (χ2v) is 4.42. The monoisotopic (exact) mass is 281 g/mol. The van der Waals surface area contributed by atoms with Crippen LogP contribution < -0.4 is 4.74 Å².